The number of piperidine rings is 1. The van der Waals surface area contributed by atoms with Crippen molar-refractivity contribution in [3.8, 4) is 0 Å². The number of hydrogen-bond acceptors (Lipinski definition) is 4. The molecular formula is C22H28N4O2. The van der Waals surface area contributed by atoms with Gasteiger partial charge in [-0.25, -0.2) is 9.97 Å². The van der Waals surface area contributed by atoms with Gasteiger partial charge in [0.2, 0.25) is 5.91 Å². The van der Waals surface area contributed by atoms with Gasteiger partial charge in [-0.2, -0.15) is 0 Å². The van der Waals surface area contributed by atoms with Crippen LogP contribution in [-0.2, 0) is 11.2 Å². The molecule has 28 heavy (non-hydrogen) atoms. The molecule has 6 heteroatoms. The molecule has 0 spiro atoms. The smallest absolute Gasteiger partial charge is 0.253 e. The maximum atomic E-state index is 12.8. The third-order valence-electron chi connectivity index (χ3n) is 5.24. The maximum absolute atomic E-state index is 12.8. The van der Waals surface area contributed by atoms with Crippen LogP contribution in [0.1, 0.15) is 48.7 Å². The van der Waals surface area contributed by atoms with Crippen molar-refractivity contribution in [2.45, 2.75) is 45.1 Å². The van der Waals surface area contributed by atoms with Gasteiger partial charge in [-0.1, -0.05) is 25.1 Å². The molecule has 0 aliphatic carbocycles. The number of carbonyl (C=O) groups is 2. The zero-order valence-corrected chi connectivity index (χ0v) is 16.5. The van der Waals surface area contributed by atoms with Crippen molar-refractivity contribution in [2.75, 3.05) is 19.6 Å². The Balaban J connectivity index is 1.55. The van der Waals surface area contributed by atoms with E-state index >= 15 is 0 Å². The van der Waals surface area contributed by atoms with Crippen LogP contribution in [-0.4, -0.2) is 57.3 Å². The lowest BCUT2D eigenvalue weighted by atomic mass is 10.0. The Bertz CT molecular complexity index is 759. The molecule has 1 aromatic heterocycles. The van der Waals surface area contributed by atoms with Crippen LogP contribution >= 0.6 is 0 Å². The van der Waals surface area contributed by atoms with Gasteiger partial charge in [0.05, 0.1) is 0 Å². The third kappa shape index (κ3) is 5.15. The Morgan fingerprint density at radius 3 is 2.54 bits per heavy atom. The van der Waals surface area contributed by atoms with Crippen molar-refractivity contribution in [2.24, 2.45) is 0 Å². The first kappa shape index (κ1) is 20.0. The SMILES string of the molecule is CCCN(C(=O)CCc1ccncn1)C1CCN(C(=O)c2ccccc2)CC1. The number of benzene rings is 1. The first-order valence-electron chi connectivity index (χ1n) is 10.1. The molecule has 1 aliphatic rings. The van der Waals surface area contributed by atoms with Gasteiger partial charge in [0.15, 0.2) is 0 Å². The second kappa shape index (κ2) is 9.97. The maximum Gasteiger partial charge on any atom is 0.253 e. The number of amides is 2. The predicted molar refractivity (Wildman–Crippen MR) is 108 cm³/mol. The second-order valence-electron chi connectivity index (χ2n) is 7.18. The van der Waals surface area contributed by atoms with E-state index in [1.54, 1.807) is 6.20 Å². The Hall–Kier alpha value is -2.76. The van der Waals surface area contributed by atoms with Crippen LogP contribution in [0.3, 0.4) is 0 Å². The average Bonchev–Trinajstić information content (AvgIpc) is 2.77. The summed E-state index contributed by atoms with van der Waals surface area (Å²) in [5.74, 6) is 0.254. The summed E-state index contributed by atoms with van der Waals surface area (Å²) in [6.45, 7) is 4.24. The molecule has 0 bridgehead atoms. The van der Waals surface area contributed by atoms with Gasteiger partial charge >= 0.3 is 0 Å². The molecule has 0 N–H and O–H groups in total. The zero-order chi connectivity index (χ0) is 19.8. The van der Waals surface area contributed by atoms with Gasteiger partial charge in [-0.05, 0) is 43.9 Å². The van der Waals surface area contributed by atoms with Crippen LogP contribution in [0.5, 0.6) is 0 Å². The quantitative estimate of drug-likeness (QED) is 0.741. The third-order valence-corrected chi connectivity index (χ3v) is 5.24. The summed E-state index contributed by atoms with van der Waals surface area (Å²) in [6, 6.07) is 11.5. The van der Waals surface area contributed by atoms with Crippen LogP contribution in [0, 0.1) is 0 Å². The summed E-state index contributed by atoms with van der Waals surface area (Å²) >= 11 is 0. The van der Waals surface area contributed by atoms with Gasteiger partial charge in [-0.15, -0.1) is 0 Å². The molecule has 0 saturated carbocycles. The fourth-order valence-electron chi connectivity index (χ4n) is 3.74. The van der Waals surface area contributed by atoms with E-state index < -0.39 is 0 Å². The highest BCUT2D eigenvalue weighted by Gasteiger charge is 2.29. The lowest BCUT2D eigenvalue weighted by molar-refractivity contribution is -0.134. The Morgan fingerprint density at radius 1 is 1.14 bits per heavy atom. The zero-order valence-electron chi connectivity index (χ0n) is 16.5. The van der Waals surface area contributed by atoms with Crippen molar-refractivity contribution in [3.63, 3.8) is 0 Å². The van der Waals surface area contributed by atoms with E-state index in [1.807, 2.05) is 46.2 Å². The van der Waals surface area contributed by atoms with E-state index in [2.05, 4.69) is 16.9 Å². The molecular weight excluding hydrogens is 352 g/mol. The lowest BCUT2D eigenvalue weighted by Gasteiger charge is -2.38. The monoisotopic (exact) mass is 380 g/mol. The van der Waals surface area contributed by atoms with Crippen molar-refractivity contribution in [1.29, 1.82) is 0 Å². The molecule has 0 radical (unpaired) electrons. The van der Waals surface area contributed by atoms with Gasteiger partial charge in [0.25, 0.3) is 5.91 Å². The predicted octanol–water partition coefficient (Wildman–Crippen LogP) is 2.95. The van der Waals surface area contributed by atoms with Crippen molar-refractivity contribution in [3.05, 3.63) is 60.2 Å². The molecule has 6 nitrogen and oxygen atoms in total. The van der Waals surface area contributed by atoms with Crippen LogP contribution in [0.4, 0.5) is 0 Å². The summed E-state index contributed by atoms with van der Waals surface area (Å²) in [6.07, 6.45) is 6.91. The summed E-state index contributed by atoms with van der Waals surface area (Å²) in [4.78, 5) is 37.5. The Labute approximate surface area is 166 Å². The molecule has 1 aliphatic heterocycles. The first-order chi connectivity index (χ1) is 13.7. The molecule has 1 fully saturated rings. The minimum atomic E-state index is 0.0798. The normalized spacial score (nSPS) is 14.7. The van der Waals surface area contributed by atoms with Gasteiger partial charge in [0, 0.05) is 49.6 Å². The van der Waals surface area contributed by atoms with Crippen LogP contribution in [0.15, 0.2) is 48.9 Å². The fourth-order valence-corrected chi connectivity index (χ4v) is 3.74. The molecule has 1 aromatic carbocycles. The first-order valence-corrected chi connectivity index (χ1v) is 10.1. The number of carbonyl (C=O) groups excluding carboxylic acids is 2. The van der Waals surface area contributed by atoms with E-state index in [-0.39, 0.29) is 17.9 Å². The number of likely N-dealkylation sites (tertiary alicyclic amines) is 1. The Kier molecular flexibility index (Phi) is 7.12. The van der Waals surface area contributed by atoms with E-state index in [4.69, 9.17) is 0 Å². The topological polar surface area (TPSA) is 66.4 Å². The molecule has 2 heterocycles. The summed E-state index contributed by atoms with van der Waals surface area (Å²) in [7, 11) is 0. The van der Waals surface area contributed by atoms with E-state index in [0.29, 0.717) is 25.9 Å². The van der Waals surface area contributed by atoms with Crippen LogP contribution < -0.4 is 0 Å². The summed E-state index contributed by atoms with van der Waals surface area (Å²) in [5.41, 5.74) is 1.62. The number of nitrogens with zero attached hydrogens (tertiary/aromatic N) is 4. The minimum Gasteiger partial charge on any atom is -0.340 e. The molecule has 0 atom stereocenters. The standard InChI is InChI=1S/C22H28N4O2/c1-2-14-26(21(27)9-8-19-10-13-23-17-24-19)20-11-15-25(16-12-20)22(28)18-6-4-3-5-7-18/h3-7,10,13,17,20H,2,8-9,11-12,14-16H2,1H3. The average molecular weight is 380 g/mol. The largest absolute Gasteiger partial charge is 0.340 e. The molecule has 2 aromatic rings. The van der Waals surface area contributed by atoms with Crippen molar-refractivity contribution >= 4 is 11.8 Å². The summed E-state index contributed by atoms with van der Waals surface area (Å²) < 4.78 is 0. The van der Waals surface area contributed by atoms with E-state index in [1.165, 1.54) is 6.33 Å². The fraction of sp³-hybridized carbons (Fsp3) is 0.455. The molecule has 0 unspecified atom stereocenters. The van der Waals surface area contributed by atoms with Crippen LogP contribution in [0.2, 0.25) is 0 Å². The highest BCUT2D eigenvalue weighted by molar-refractivity contribution is 5.94. The molecule has 1 saturated heterocycles. The van der Waals surface area contributed by atoms with Gasteiger partial charge < -0.3 is 9.80 Å². The summed E-state index contributed by atoms with van der Waals surface area (Å²) in [5, 5.41) is 0. The number of hydrogen-bond donors (Lipinski definition) is 0. The van der Waals surface area contributed by atoms with Gasteiger partial charge in [-0.3, -0.25) is 9.59 Å². The number of aryl methyl sites for hydroxylation is 1. The Morgan fingerprint density at radius 2 is 1.89 bits per heavy atom. The lowest BCUT2D eigenvalue weighted by Crippen LogP contribution is -2.49. The van der Waals surface area contributed by atoms with E-state index in [0.717, 1.165) is 37.1 Å². The van der Waals surface area contributed by atoms with Gasteiger partial charge in [0.1, 0.15) is 6.33 Å². The number of aromatic nitrogens is 2. The minimum absolute atomic E-state index is 0.0798. The highest BCUT2D eigenvalue weighted by atomic mass is 16.2. The molecule has 148 valence electrons. The number of rotatable bonds is 7. The van der Waals surface area contributed by atoms with Crippen LogP contribution in [0.25, 0.3) is 0 Å². The van der Waals surface area contributed by atoms with Crippen molar-refractivity contribution < 1.29 is 9.59 Å². The van der Waals surface area contributed by atoms with Crippen molar-refractivity contribution in [1.82, 2.24) is 19.8 Å². The molecule has 2 amide bonds. The van der Waals surface area contributed by atoms with E-state index in [9.17, 15) is 9.59 Å². The second-order valence-corrected chi connectivity index (χ2v) is 7.18. The highest BCUT2D eigenvalue weighted by Crippen LogP contribution is 2.20. The molecule has 3 rings (SSSR count).